The van der Waals surface area contributed by atoms with Crippen molar-refractivity contribution in [2.45, 2.75) is 71.6 Å². The topological polar surface area (TPSA) is 0 Å². The molecule has 0 fully saturated rings. The van der Waals surface area contributed by atoms with Crippen LogP contribution in [-0.2, 0) is 0 Å². The Kier molecular flexibility index (Phi) is 6.63. The van der Waals surface area contributed by atoms with Crippen LogP contribution in [-0.4, -0.2) is 14.0 Å². The van der Waals surface area contributed by atoms with E-state index in [9.17, 15) is 0 Å². The molecule has 0 aliphatic heterocycles. The second-order valence-corrected chi connectivity index (χ2v) is 4.78. The maximum absolute atomic E-state index is 2.43. The van der Waals surface area contributed by atoms with Crippen molar-refractivity contribution in [1.82, 2.24) is 0 Å². The molecule has 0 aromatic carbocycles. The predicted molar refractivity (Wildman–Crippen MR) is 66.4 cm³/mol. The highest BCUT2D eigenvalue weighted by Crippen LogP contribution is 2.37. The van der Waals surface area contributed by atoms with Gasteiger partial charge in [0.05, 0.1) is 0 Å². The van der Waals surface area contributed by atoms with Gasteiger partial charge in [0.2, 0.25) is 0 Å². The van der Waals surface area contributed by atoms with E-state index < -0.39 is 0 Å². The van der Waals surface area contributed by atoms with Crippen molar-refractivity contribution in [3.63, 3.8) is 0 Å². The molecule has 13 heavy (non-hydrogen) atoms. The lowest BCUT2D eigenvalue weighted by Gasteiger charge is -2.31. The van der Waals surface area contributed by atoms with Gasteiger partial charge in [0.25, 0.3) is 0 Å². The van der Waals surface area contributed by atoms with Gasteiger partial charge < -0.3 is 0 Å². The van der Waals surface area contributed by atoms with E-state index in [1.807, 2.05) is 0 Å². The summed E-state index contributed by atoms with van der Waals surface area (Å²) < 4.78 is 0. The quantitative estimate of drug-likeness (QED) is 0.512. The molecule has 0 nitrogen and oxygen atoms in total. The molecular weight excluding hydrogens is 154 g/mol. The van der Waals surface area contributed by atoms with Gasteiger partial charge >= 0.3 is 0 Å². The number of rotatable bonds is 7. The molecule has 0 atom stereocenters. The van der Waals surface area contributed by atoms with Crippen LogP contribution >= 0.6 is 0 Å². The summed E-state index contributed by atoms with van der Waals surface area (Å²) in [7, 11) is 2.43. The highest BCUT2D eigenvalue weighted by Gasteiger charge is 2.29. The molecular formula is C11H25B2. The Morgan fingerprint density at radius 1 is 1.15 bits per heavy atom. The van der Waals surface area contributed by atoms with Crippen molar-refractivity contribution in [2.24, 2.45) is 0 Å². The van der Waals surface area contributed by atoms with E-state index in [2.05, 4.69) is 41.9 Å². The minimum atomic E-state index is 0.515. The smallest absolute Gasteiger partial charge is 0.0831 e. The molecule has 0 bridgehead atoms. The fraction of sp³-hybridized carbons (Fsp3) is 1.00. The van der Waals surface area contributed by atoms with Crippen molar-refractivity contribution in [3.8, 4) is 0 Å². The molecule has 1 radical (unpaired) electrons. The van der Waals surface area contributed by atoms with E-state index in [0.717, 1.165) is 6.71 Å². The zero-order valence-electron chi connectivity index (χ0n) is 10.2. The summed E-state index contributed by atoms with van der Waals surface area (Å²) >= 11 is 0. The Morgan fingerprint density at radius 3 is 2.15 bits per heavy atom. The van der Waals surface area contributed by atoms with Gasteiger partial charge in [-0.1, -0.05) is 71.6 Å². The average Bonchev–Trinajstić information content (AvgIpc) is 2.10. The lowest BCUT2D eigenvalue weighted by Crippen LogP contribution is -2.27. The molecule has 0 aliphatic rings. The van der Waals surface area contributed by atoms with Crippen LogP contribution in [0, 0.1) is 0 Å². The minimum absolute atomic E-state index is 0.515. The summed E-state index contributed by atoms with van der Waals surface area (Å²) in [6, 6.07) is 0. The van der Waals surface area contributed by atoms with Gasteiger partial charge in [-0.05, 0) is 0 Å². The van der Waals surface area contributed by atoms with Gasteiger partial charge in [-0.3, -0.25) is 0 Å². The van der Waals surface area contributed by atoms with Crippen LogP contribution in [0.4, 0.5) is 0 Å². The Labute approximate surface area is 86.2 Å². The fourth-order valence-corrected chi connectivity index (χ4v) is 2.18. The highest BCUT2D eigenvalue weighted by molar-refractivity contribution is 6.63. The molecule has 0 unspecified atom stereocenters. The van der Waals surface area contributed by atoms with Crippen LogP contribution in [0.2, 0.25) is 30.6 Å². The van der Waals surface area contributed by atoms with E-state index in [1.54, 1.807) is 0 Å². The molecule has 0 aromatic rings. The van der Waals surface area contributed by atoms with E-state index >= 15 is 0 Å². The predicted octanol–water partition coefficient (Wildman–Crippen LogP) is 4.25. The fourth-order valence-electron chi connectivity index (χ4n) is 2.18. The Bertz CT molecular complexity index is 121. The summed E-state index contributed by atoms with van der Waals surface area (Å²) in [5.41, 5.74) is 0. The molecule has 0 amide bonds. The second kappa shape index (κ2) is 6.56. The summed E-state index contributed by atoms with van der Waals surface area (Å²) in [5, 5.41) is 0.515. The molecule has 0 saturated heterocycles. The minimum Gasteiger partial charge on any atom is -0.0831 e. The Balaban J connectivity index is 4.03. The van der Waals surface area contributed by atoms with Crippen molar-refractivity contribution in [2.75, 3.05) is 0 Å². The van der Waals surface area contributed by atoms with Crippen LogP contribution in [0.3, 0.4) is 0 Å². The molecule has 0 aliphatic carbocycles. The zero-order chi connectivity index (χ0) is 10.3. The standard InChI is InChI=1S/C11H25B2/c1-6-9-13(8-3)11(4,5)10-12-7-2/h6-10H2,1-5H3. The highest BCUT2D eigenvalue weighted by atomic mass is 14.1. The molecule has 2 heteroatoms. The van der Waals surface area contributed by atoms with Crippen LogP contribution in [0.1, 0.15) is 41.0 Å². The second-order valence-electron chi connectivity index (χ2n) is 4.78. The maximum Gasteiger partial charge on any atom is 0.144 e. The first-order valence-corrected chi connectivity index (χ1v) is 5.90. The SMILES string of the molecule is CC[B]CC(C)(C)B(CC)CCC. The van der Waals surface area contributed by atoms with Gasteiger partial charge in [-0.15, -0.1) is 0 Å². The molecule has 0 rings (SSSR count). The van der Waals surface area contributed by atoms with E-state index in [0.29, 0.717) is 5.31 Å². The van der Waals surface area contributed by atoms with Crippen LogP contribution < -0.4 is 0 Å². The third kappa shape index (κ3) is 4.78. The zero-order valence-corrected chi connectivity index (χ0v) is 10.2. The van der Waals surface area contributed by atoms with Crippen molar-refractivity contribution in [1.29, 1.82) is 0 Å². The van der Waals surface area contributed by atoms with E-state index in [1.165, 1.54) is 31.7 Å². The summed E-state index contributed by atoms with van der Waals surface area (Å²) in [4.78, 5) is 0. The third-order valence-electron chi connectivity index (χ3n) is 3.19. The van der Waals surface area contributed by atoms with Gasteiger partial charge in [0.15, 0.2) is 0 Å². The van der Waals surface area contributed by atoms with E-state index in [-0.39, 0.29) is 0 Å². The molecule has 0 spiro atoms. The van der Waals surface area contributed by atoms with Gasteiger partial charge in [0, 0.05) is 0 Å². The molecule has 0 N–H and O–H groups in total. The van der Waals surface area contributed by atoms with Gasteiger partial charge in [0.1, 0.15) is 14.0 Å². The molecule has 75 valence electrons. The Morgan fingerprint density at radius 2 is 1.77 bits per heavy atom. The average molecular weight is 179 g/mol. The van der Waals surface area contributed by atoms with Crippen molar-refractivity contribution in [3.05, 3.63) is 0 Å². The number of hydrogen-bond acceptors (Lipinski definition) is 0. The van der Waals surface area contributed by atoms with Crippen molar-refractivity contribution >= 4 is 14.0 Å². The Hall–Kier alpha value is 0.130. The van der Waals surface area contributed by atoms with Crippen molar-refractivity contribution < 1.29 is 0 Å². The first-order chi connectivity index (χ1) is 6.08. The number of hydrogen-bond donors (Lipinski definition) is 0. The van der Waals surface area contributed by atoms with Crippen LogP contribution in [0.25, 0.3) is 0 Å². The molecule has 0 aromatic heterocycles. The summed E-state index contributed by atoms with van der Waals surface area (Å²) in [5.74, 6) is 0. The molecule has 0 saturated carbocycles. The monoisotopic (exact) mass is 179 g/mol. The van der Waals surface area contributed by atoms with Gasteiger partial charge in [-0.25, -0.2) is 0 Å². The lowest BCUT2D eigenvalue weighted by molar-refractivity contribution is 0.716. The van der Waals surface area contributed by atoms with Crippen LogP contribution in [0.5, 0.6) is 0 Å². The van der Waals surface area contributed by atoms with E-state index in [4.69, 9.17) is 0 Å². The lowest BCUT2D eigenvalue weighted by atomic mass is 9.28. The normalized spacial score (nSPS) is 11.5. The molecule has 0 heterocycles. The first kappa shape index (κ1) is 13.1. The third-order valence-corrected chi connectivity index (χ3v) is 3.19. The van der Waals surface area contributed by atoms with Crippen LogP contribution in [0.15, 0.2) is 0 Å². The maximum atomic E-state index is 2.43. The first-order valence-electron chi connectivity index (χ1n) is 5.90. The van der Waals surface area contributed by atoms with Gasteiger partial charge in [-0.2, -0.15) is 0 Å². The summed E-state index contributed by atoms with van der Waals surface area (Å²) in [6.07, 6.45) is 6.54. The summed E-state index contributed by atoms with van der Waals surface area (Å²) in [6.45, 7) is 12.6. The largest absolute Gasteiger partial charge is 0.144 e.